The average molecular weight is 123 g/mol. The Hall–Kier alpha value is -0.330. The number of nitrogens with one attached hydrogen (secondary N) is 1. The van der Waals surface area contributed by atoms with Crippen LogP contribution >= 0.6 is 0 Å². The van der Waals surface area contributed by atoms with Crippen LogP contribution in [0.15, 0.2) is 0 Å². The second kappa shape index (κ2) is 1.83. The van der Waals surface area contributed by atoms with E-state index >= 15 is 0 Å². The zero-order valence-electron chi connectivity index (χ0n) is 5.69. The van der Waals surface area contributed by atoms with Crippen molar-refractivity contribution < 1.29 is 0 Å². The normalized spacial score (nSPS) is 35.6. The van der Waals surface area contributed by atoms with Crippen LogP contribution in [0.5, 0.6) is 0 Å². The molecule has 0 bridgehead atoms. The van der Waals surface area contributed by atoms with E-state index in [4.69, 9.17) is 5.41 Å². The molecule has 1 nitrogen and oxygen atoms in total. The minimum atomic E-state index is 0.936. The molecule has 50 valence electrons. The number of rotatable bonds is 1. The summed E-state index contributed by atoms with van der Waals surface area (Å²) in [7, 11) is 0. The van der Waals surface area contributed by atoms with Gasteiger partial charge in [-0.1, -0.05) is 19.3 Å². The van der Waals surface area contributed by atoms with E-state index in [1.807, 2.05) is 0 Å². The van der Waals surface area contributed by atoms with E-state index < -0.39 is 0 Å². The largest absolute Gasteiger partial charge is 0.310 e. The van der Waals surface area contributed by atoms with Gasteiger partial charge in [0.25, 0.3) is 0 Å². The molecule has 2 aliphatic carbocycles. The lowest BCUT2D eigenvalue weighted by Gasteiger charge is -2.39. The van der Waals surface area contributed by atoms with E-state index in [0.29, 0.717) is 0 Å². The van der Waals surface area contributed by atoms with Gasteiger partial charge >= 0.3 is 0 Å². The molecule has 0 spiro atoms. The van der Waals surface area contributed by atoms with Crippen LogP contribution in [0.2, 0.25) is 0 Å². The molecule has 0 saturated heterocycles. The summed E-state index contributed by atoms with van der Waals surface area (Å²) in [6.07, 6.45) is 6.62. The highest BCUT2D eigenvalue weighted by Crippen LogP contribution is 2.41. The maximum Gasteiger partial charge on any atom is 0.00951 e. The quantitative estimate of drug-likeness (QED) is 0.552. The Balaban J connectivity index is 1.81. The molecule has 0 amide bonds. The van der Waals surface area contributed by atoms with Gasteiger partial charge in [-0.25, -0.2) is 0 Å². The minimum absolute atomic E-state index is 0.936. The molecule has 9 heavy (non-hydrogen) atoms. The van der Waals surface area contributed by atoms with Gasteiger partial charge in [0, 0.05) is 5.71 Å². The molecule has 0 aromatic rings. The Bertz CT molecular complexity index is 128. The van der Waals surface area contributed by atoms with Crippen molar-refractivity contribution in [1.82, 2.24) is 0 Å². The fourth-order valence-corrected chi connectivity index (χ4v) is 1.82. The fraction of sp³-hybridized carbons (Fsp3) is 0.875. The van der Waals surface area contributed by atoms with Gasteiger partial charge in [0.15, 0.2) is 0 Å². The third-order valence-corrected chi connectivity index (χ3v) is 2.83. The molecule has 0 heterocycles. The predicted molar refractivity (Wildman–Crippen MR) is 37.8 cm³/mol. The third kappa shape index (κ3) is 0.790. The number of hydrogen-bond donors (Lipinski definition) is 1. The molecule has 1 heteroatoms. The summed E-state index contributed by atoms with van der Waals surface area (Å²) in [5.74, 6) is 1.96. The first-order chi connectivity index (χ1) is 4.36. The van der Waals surface area contributed by atoms with E-state index in [9.17, 15) is 0 Å². The van der Waals surface area contributed by atoms with Crippen molar-refractivity contribution in [2.45, 2.75) is 32.1 Å². The maximum absolute atomic E-state index is 7.25. The molecule has 0 aromatic heterocycles. The zero-order chi connectivity index (χ0) is 6.27. The predicted octanol–water partition coefficient (Wildman–Crippen LogP) is 2.22. The summed E-state index contributed by atoms with van der Waals surface area (Å²) < 4.78 is 0. The van der Waals surface area contributed by atoms with Crippen LogP contribution in [0.25, 0.3) is 0 Å². The molecule has 0 aromatic carbocycles. The average Bonchev–Trinajstić information content (AvgIpc) is 1.57. The molecule has 0 radical (unpaired) electrons. The van der Waals surface area contributed by atoms with Gasteiger partial charge in [0.05, 0.1) is 0 Å². The van der Waals surface area contributed by atoms with E-state index in [-0.39, 0.29) is 0 Å². The molecule has 0 aliphatic heterocycles. The monoisotopic (exact) mass is 123 g/mol. The summed E-state index contributed by atoms with van der Waals surface area (Å²) in [4.78, 5) is 0. The summed E-state index contributed by atoms with van der Waals surface area (Å²) in [6.45, 7) is 0. The Morgan fingerprint density at radius 1 is 1.11 bits per heavy atom. The fourth-order valence-electron chi connectivity index (χ4n) is 1.82. The van der Waals surface area contributed by atoms with Crippen molar-refractivity contribution >= 4 is 5.71 Å². The van der Waals surface area contributed by atoms with Gasteiger partial charge in [-0.05, 0) is 24.7 Å². The summed E-state index contributed by atoms with van der Waals surface area (Å²) in [5, 5.41) is 7.25. The first kappa shape index (κ1) is 5.45. The Kier molecular flexibility index (Phi) is 1.11. The molecule has 1 N–H and O–H groups in total. The van der Waals surface area contributed by atoms with Crippen LogP contribution in [0.1, 0.15) is 32.1 Å². The Morgan fingerprint density at radius 2 is 1.78 bits per heavy atom. The zero-order valence-corrected chi connectivity index (χ0v) is 5.69. The van der Waals surface area contributed by atoms with Crippen LogP contribution in [0.3, 0.4) is 0 Å². The minimum Gasteiger partial charge on any atom is -0.310 e. The summed E-state index contributed by atoms with van der Waals surface area (Å²) in [6, 6.07) is 0. The van der Waals surface area contributed by atoms with Crippen molar-refractivity contribution in [3.8, 4) is 0 Å². The second-order valence-electron chi connectivity index (χ2n) is 3.46. The first-order valence-electron chi connectivity index (χ1n) is 3.92. The van der Waals surface area contributed by atoms with Crippen molar-refractivity contribution in [1.29, 1.82) is 5.41 Å². The van der Waals surface area contributed by atoms with E-state index in [1.165, 1.54) is 19.3 Å². The van der Waals surface area contributed by atoms with Crippen molar-refractivity contribution in [2.24, 2.45) is 11.8 Å². The highest BCUT2D eigenvalue weighted by Gasteiger charge is 2.34. The lowest BCUT2D eigenvalue weighted by atomic mass is 9.66. The van der Waals surface area contributed by atoms with Gasteiger partial charge < -0.3 is 5.41 Å². The van der Waals surface area contributed by atoms with Crippen LogP contribution in [-0.4, -0.2) is 5.71 Å². The molecule has 2 aliphatic rings. The van der Waals surface area contributed by atoms with Crippen molar-refractivity contribution in [3.05, 3.63) is 0 Å². The number of hydrogen-bond acceptors (Lipinski definition) is 1. The van der Waals surface area contributed by atoms with Gasteiger partial charge in [-0.3, -0.25) is 0 Å². The molecular formula is C8H13N. The molecule has 2 saturated carbocycles. The van der Waals surface area contributed by atoms with E-state index in [1.54, 1.807) is 0 Å². The maximum atomic E-state index is 7.25. The highest BCUT2D eigenvalue weighted by molar-refractivity contribution is 5.87. The van der Waals surface area contributed by atoms with Gasteiger partial charge in [0.1, 0.15) is 0 Å². The van der Waals surface area contributed by atoms with Gasteiger partial charge in [-0.2, -0.15) is 0 Å². The SMILES string of the molecule is N=C1CC(C2CCC2)C1. The van der Waals surface area contributed by atoms with Gasteiger partial charge in [-0.15, -0.1) is 0 Å². The van der Waals surface area contributed by atoms with Crippen LogP contribution in [-0.2, 0) is 0 Å². The van der Waals surface area contributed by atoms with Crippen LogP contribution in [0, 0.1) is 17.2 Å². The standard InChI is InChI=1S/C8H13N/c9-8-4-7(5-8)6-2-1-3-6/h6-7,9H,1-5H2. The van der Waals surface area contributed by atoms with Crippen molar-refractivity contribution in [2.75, 3.05) is 0 Å². The molecule has 2 fully saturated rings. The lowest BCUT2D eigenvalue weighted by Crippen LogP contribution is -2.33. The Morgan fingerprint density at radius 3 is 2.11 bits per heavy atom. The Labute approximate surface area is 56.0 Å². The first-order valence-corrected chi connectivity index (χ1v) is 3.92. The van der Waals surface area contributed by atoms with E-state index in [0.717, 1.165) is 30.4 Å². The smallest absolute Gasteiger partial charge is 0.00951 e. The van der Waals surface area contributed by atoms with Gasteiger partial charge in [0.2, 0.25) is 0 Å². The molecule has 0 atom stereocenters. The second-order valence-corrected chi connectivity index (χ2v) is 3.46. The molecule has 2 rings (SSSR count). The lowest BCUT2D eigenvalue weighted by molar-refractivity contribution is 0.194. The van der Waals surface area contributed by atoms with Crippen LogP contribution in [0.4, 0.5) is 0 Å². The summed E-state index contributed by atoms with van der Waals surface area (Å²) in [5.41, 5.74) is 0.993. The topological polar surface area (TPSA) is 23.9 Å². The molecule has 0 unspecified atom stereocenters. The highest BCUT2D eigenvalue weighted by atomic mass is 14.5. The van der Waals surface area contributed by atoms with E-state index in [2.05, 4.69) is 0 Å². The van der Waals surface area contributed by atoms with Crippen molar-refractivity contribution in [3.63, 3.8) is 0 Å². The third-order valence-electron chi connectivity index (χ3n) is 2.83. The summed E-state index contributed by atoms with van der Waals surface area (Å²) >= 11 is 0. The molecular weight excluding hydrogens is 110 g/mol. The van der Waals surface area contributed by atoms with Crippen LogP contribution < -0.4 is 0 Å².